The third-order valence-electron chi connectivity index (χ3n) is 2.66. The van der Waals surface area contributed by atoms with Gasteiger partial charge in [-0.05, 0) is 6.42 Å². The number of cyclic esters (lactones) is 2. The molecular formula is C9H9NO4. The summed E-state index contributed by atoms with van der Waals surface area (Å²) in [6, 6.07) is 0. The third-order valence-corrected chi connectivity index (χ3v) is 2.66. The van der Waals surface area contributed by atoms with E-state index in [0.717, 1.165) is 0 Å². The lowest BCUT2D eigenvalue weighted by Gasteiger charge is -2.21. The lowest BCUT2D eigenvalue weighted by molar-refractivity contribution is -0.154. The number of primary amides is 1. The van der Waals surface area contributed by atoms with Crippen molar-refractivity contribution in [2.24, 2.45) is 23.5 Å². The van der Waals surface area contributed by atoms with Gasteiger partial charge in [-0.3, -0.25) is 14.4 Å². The van der Waals surface area contributed by atoms with Gasteiger partial charge in [-0.2, -0.15) is 0 Å². The largest absolute Gasteiger partial charge is 0.393 e. The van der Waals surface area contributed by atoms with Crippen molar-refractivity contribution in [1.82, 2.24) is 0 Å². The van der Waals surface area contributed by atoms with E-state index in [9.17, 15) is 14.4 Å². The van der Waals surface area contributed by atoms with Crippen molar-refractivity contribution in [2.45, 2.75) is 6.42 Å². The summed E-state index contributed by atoms with van der Waals surface area (Å²) in [6.45, 7) is 0. The molecule has 0 bridgehead atoms. The number of allylic oxidation sites excluding steroid dienone is 1. The lowest BCUT2D eigenvalue weighted by Crippen LogP contribution is -2.36. The topological polar surface area (TPSA) is 86.5 Å². The molecule has 1 aliphatic heterocycles. The normalized spacial score (nSPS) is 35.3. The summed E-state index contributed by atoms with van der Waals surface area (Å²) in [6.07, 6.45) is 3.71. The molecule has 0 aromatic heterocycles. The molecule has 1 saturated heterocycles. The first kappa shape index (κ1) is 8.93. The van der Waals surface area contributed by atoms with Crippen LogP contribution in [-0.4, -0.2) is 17.8 Å². The van der Waals surface area contributed by atoms with Crippen LogP contribution in [0.3, 0.4) is 0 Å². The Morgan fingerprint density at radius 2 is 2.14 bits per heavy atom. The Morgan fingerprint density at radius 1 is 1.43 bits per heavy atom. The van der Waals surface area contributed by atoms with E-state index in [1.807, 2.05) is 0 Å². The van der Waals surface area contributed by atoms with Crippen LogP contribution in [0.4, 0.5) is 0 Å². The quantitative estimate of drug-likeness (QED) is 0.342. The SMILES string of the molecule is NC(=O)C1C=CCC2C(=O)OC(=O)C12. The van der Waals surface area contributed by atoms with Gasteiger partial charge in [-0.1, -0.05) is 12.2 Å². The molecule has 1 aliphatic carbocycles. The average Bonchev–Trinajstić information content (AvgIpc) is 2.43. The average molecular weight is 195 g/mol. The molecule has 1 fully saturated rings. The number of esters is 2. The molecule has 2 N–H and O–H groups in total. The highest BCUT2D eigenvalue weighted by Gasteiger charge is 2.50. The van der Waals surface area contributed by atoms with Gasteiger partial charge in [0.2, 0.25) is 5.91 Å². The van der Waals surface area contributed by atoms with E-state index in [2.05, 4.69) is 4.74 Å². The van der Waals surface area contributed by atoms with Crippen LogP contribution in [0.1, 0.15) is 6.42 Å². The smallest absolute Gasteiger partial charge is 0.318 e. The van der Waals surface area contributed by atoms with Gasteiger partial charge in [0.25, 0.3) is 0 Å². The number of carbonyl (C=O) groups excluding carboxylic acids is 3. The summed E-state index contributed by atoms with van der Waals surface area (Å²) < 4.78 is 4.46. The van der Waals surface area contributed by atoms with E-state index in [4.69, 9.17) is 5.73 Å². The molecule has 74 valence electrons. The number of fused-ring (bicyclic) bond motifs is 1. The third kappa shape index (κ3) is 1.13. The van der Waals surface area contributed by atoms with Crippen molar-refractivity contribution >= 4 is 17.8 Å². The maximum Gasteiger partial charge on any atom is 0.318 e. The van der Waals surface area contributed by atoms with E-state index in [0.29, 0.717) is 6.42 Å². The van der Waals surface area contributed by atoms with E-state index in [-0.39, 0.29) is 0 Å². The van der Waals surface area contributed by atoms with E-state index >= 15 is 0 Å². The molecule has 3 atom stereocenters. The van der Waals surface area contributed by atoms with Crippen molar-refractivity contribution in [1.29, 1.82) is 0 Å². The standard InChI is InChI=1S/C9H9NO4/c10-7(11)4-2-1-3-5-6(4)9(13)14-8(5)12/h1-2,4-6H,3H2,(H2,10,11). The zero-order valence-electron chi connectivity index (χ0n) is 7.30. The molecule has 0 spiro atoms. The predicted octanol–water partition coefficient (Wildman–Crippen LogP) is -0.636. The van der Waals surface area contributed by atoms with E-state index in [1.54, 1.807) is 12.2 Å². The van der Waals surface area contributed by atoms with Gasteiger partial charge in [0.1, 0.15) is 0 Å². The Hall–Kier alpha value is -1.65. The predicted molar refractivity (Wildman–Crippen MR) is 44.5 cm³/mol. The molecule has 5 heteroatoms. The Kier molecular flexibility index (Phi) is 1.87. The highest BCUT2D eigenvalue weighted by Crippen LogP contribution is 2.36. The van der Waals surface area contributed by atoms with Crippen LogP contribution in [-0.2, 0) is 19.1 Å². The van der Waals surface area contributed by atoms with Gasteiger partial charge < -0.3 is 10.5 Å². The fourth-order valence-corrected chi connectivity index (χ4v) is 1.96. The highest BCUT2D eigenvalue weighted by atomic mass is 16.6. The van der Waals surface area contributed by atoms with Crippen LogP contribution in [0.5, 0.6) is 0 Å². The fourth-order valence-electron chi connectivity index (χ4n) is 1.96. The van der Waals surface area contributed by atoms with E-state index in [1.165, 1.54) is 0 Å². The first-order valence-electron chi connectivity index (χ1n) is 4.33. The molecule has 14 heavy (non-hydrogen) atoms. The molecular weight excluding hydrogens is 186 g/mol. The minimum atomic E-state index is -0.704. The summed E-state index contributed by atoms with van der Waals surface area (Å²) in [5, 5.41) is 0. The molecule has 0 aromatic rings. The maximum atomic E-state index is 11.2. The molecule has 1 heterocycles. The first-order valence-corrected chi connectivity index (χ1v) is 4.33. The zero-order valence-corrected chi connectivity index (χ0v) is 7.30. The van der Waals surface area contributed by atoms with Gasteiger partial charge in [-0.15, -0.1) is 0 Å². The van der Waals surface area contributed by atoms with Crippen molar-refractivity contribution in [2.75, 3.05) is 0 Å². The van der Waals surface area contributed by atoms with Crippen LogP contribution in [0, 0.1) is 17.8 Å². The molecule has 0 aromatic carbocycles. The van der Waals surface area contributed by atoms with Crippen LogP contribution >= 0.6 is 0 Å². The van der Waals surface area contributed by atoms with Gasteiger partial charge >= 0.3 is 11.9 Å². The van der Waals surface area contributed by atoms with Crippen LogP contribution in [0.2, 0.25) is 0 Å². The van der Waals surface area contributed by atoms with Gasteiger partial charge in [0.15, 0.2) is 0 Å². The zero-order chi connectivity index (χ0) is 10.3. The molecule has 1 amide bonds. The van der Waals surface area contributed by atoms with Crippen molar-refractivity contribution in [3.05, 3.63) is 12.2 Å². The molecule has 3 unspecified atom stereocenters. The number of amides is 1. The molecule has 0 radical (unpaired) electrons. The Labute approximate surface area is 79.9 Å². The molecule has 0 saturated carbocycles. The first-order chi connectivity index (χ1) is 6.61. The van der Waals surface area contributed by atoms with Gasteiger partial charge in [-0.25, -0.2) is 0 Å². The number of nitrogens with two attached hydrogens (primary N) is 1. The van der Waals surface area contributed by atoms with Gasteiger partial charge in [0, 0.05) is 0 Å². The van der Waals surface area contributed by atoms with Crippen LogP contribution in [0.25, 0.3) is 0 Å². The summed E-state index contributed by atoms with van der Waals surface area (Å²) in [5.41, 5.74) is 5.12. The molecule has 2 rings (SSSR count). The lowest BCUT2D eigenvalue weighted by atomic mass is 9.77. The number of ether oxygens (including phenoxy) is 1. The van der Waals surface area contributed by atoms with Gasteiger partial charge in [0.05, 0.1) is 17.8 Å². The number of rotatable bonds is 1. The second kappa shape index (κ2) is 2.94. The molecule has 2 aliphatic rings. The summed E-state index contributed by atoms with van der Waals surface area (Å²) in [7, 11) is 0. The van der Waals surface area contributed by atoms with E-state index < -0.39 is 35.6 Å². The summed E-state index contributed by atoms with van der Waals surface area (Å²) >= 11 is 0. The van der Waals surface area contributed by atoms with Crippen molar-refractivity contribution in [3.8, 4) is 0 Å². The monoisotopic (exact) mass is 195 g/mol. The fraction of sp³-hybridized carbons (Fsp3) is 0.444. The second-order valence-electron chi connectivity index (χ2n) is 3.46. The Morgan fingerprint density at radius 3 is 2.79 bits per heavy atom. The maximum absolute atomic E-state index is 11.2. The van der Waals surface area contributed by atoms with Crippen molar-refractivity contribution < 1.29 is 19.1 Å². The highest BCUT2D eigenvalue weighted by molar-refractivity contribution is 6.00. The number of hydrogen-bond donors (Lipinski definition) is 1. The minimum Gasteiger partial charge on any atom is -0.393 e. The Bertz CT molecular complexity index is 347. The van der Waals surface area contributed by atoms with Crippen LogP contribution < -0.4 is 5.73 Å². The molecule has 5 nitrogen and oxygen atoms in total. The minimum absolute atomic E-state index is 0.443. The summed E-state index contributed by atoms with van der Waals surface area (Å²) in [5.74, 6) is -3.70. The second-order valence-corrected chi connectivity index (χ2v) is 3.46. The summed E-state index contributed by atoms with van der Waals surface area (Å²) in [4.78, 5) is 33.4. The number of carbonyl (C=O) groups is 3. The number of hydrogen-bond acceptors (Lipinski definition) is 4. The Balaban J connectivity index is 2.35. The van der Waals surface area contributed by atoms with Crippen molar-refractivity contribution in [3.63, 3.8) is 0 Å². The van der Waals surface area contributed by atoms with Crippen LogP contribution in [0.15, 0.2) is 12.2 Å².